The van der Waals surface area contributed by atoms with Gasteiger partial charge in [-0.05, 0) is 31.6 Å². The predicted octanol–water partition coefficient (Wildman–Crippen LogP) is 26.0. The number of aliphatic hydroxyl groups is 1. The maximum atomic E-state index is 13.1. The maximum Gasteiger partial charge on any atom is 0.472 e. The summed E-state index contributed by atoms with van der Waals surface area (Å²) in [5.74, 6) is -1.34. The predicted molar refractivity (Wildman–Crippen MR) is 428 cm³/mol. The summed E-state index contributed by atoms with van der Waals surface area (Å²) >= 11 is 0. The number of aliphatic hydroxyl groups excluding tert-OH is 1. The molecule has 0 fully saturated rings. The molecule has 2 unspecified atom stereocenters. The van der Waals surface area contributed by atoms with E-state index in [4.69, 9.17) is 37.0 Å². The first-order valence-electron chi connectivity index (χ1n) is 44.1. The number of unbranched alkanes of at least 4 members (excludes halogenated alkanes) is 57. The van der Waals surface area contributed by atoms with Crippen molar-refractivity contribution in [2.45, 2.75) is 477 Å². The Kier molecular flexibility index (Phi) is 76.3. The van der Waals surface area contributed by atoms with Crippen LogP contribution in [0.4, 0.5) is 0 Å². The summed E-state index contributed by atoms with van der Waals surface area (Å²) in [6.45, 7) is 7.33. The zero-order valence-corrected chi connectivity index (χ0v) is 70.0. The SMILES string of the molecule is CCCCCCCCCCCCCCCCCCCCCCCC(=O)O[C@H](COC(=O)CCCCCCCCCCCCCCCCCCCCCC)COP(=O)(O)OC[C@@H](O)COP(=O)(O)OC[C@@H](COC(=O)CCCCCCCCCCC)OC(=O)CCCCCCCCCCCCCC(C)C. The average Bonchev–Trinajstić information content (AvgIpc) is 0.910. The van der Waals surface area contributed by atoms with E-state index in [1.807, 2.05) is 0 Å². The highest BCUT2D eigenvalue weighted by atomic mass is 31.2. The molecule has 0 spiro atoms. The van der Waals surface area contributed by atoms with E-state index in [2.05, 4.69) is 34.6 Å². The second-order valence-corrected chi connectivity index (χ2v) is 34.0. The standard InChI is InChI=1S/C85H166O17P2/c1-6-9-12-15-18-21-23-25-27-29-31-33-35-37-39-41-45-50-55-60-65-70-84(89)102-81(75-96-83(88)69-64-59-54-49-44-40-38-36-34-32-30-28-26-24-22-19-16-13-10-7-2)77-100-104(93,94)98-73-79(86)72-97-103(91,92)99-76-80(74-95-82(87)68-63-58-53-47-20-17-14-11-8-3)101-85(90)71-66-61-56-51-46-42-43-48-52-57-62-67-78(4)5/h78-81,86H,6-77H2,1-5H3,(H,91,92)(H,93,94)/t79-,80+,81+/m0/s1. The minimum absolute atomic E-state index is 0.107. The van der Waals surface area contributed by atoms with Gasteiger partial charge in [0.1, 0.15) is 19.3 Å². The fraction of sp³-hybridized carbons (Fsp3) is 0.953. The Morgan fingerprint density at radius 2 is 0.442 bits per heavy atom. The van der Waals surface area contributed by atoms with E-state index in [1.165, 1.54) is 283 Å². The van der Waals surface area contributed by atoms with Crippen molar-refractivity contribution in [2.75, 3.05) is 39.6 Å². The quantitative estimate of drug-likeness (QED) is 0.0222. The molecule has 0 heterocycles. The number of phosphoric ester groups is 2. The van der Waals surface area contributed by atoms with E-state index < -0.39 is 97.5 Å². The lowest BCUT2D eigenvalue weighted by Gasteiger charge is -2.21. The molecule has 0 radical (unpaired) electrons. The lowest BCUT2D eigenvalue weighted by atomic mass is 10.0. The summed E-state index contributed by atoms with van der Waals surface area (Å²) in [4.78, 5) is 73.1. The molecule has 0 aliphatic carbocycles. The molecule has 0 aliphatic rings. The molecule has 5 atom stereocenters. The molecular weight excluding hydrogens is 1350 g/mol. The van der Waals surface area contributed by atoms with E-state index >= 15 is 0 Å². The topological polar surface area (TPSA) is 237 Å². The van der Waals surface area contributed by atoms with Crippen molar-refractivity contribution in [3.8, 4) is 0 Å². The molecule has 0 rings (SSSR count). The van der Waals surface area contributed by atoms with E-state index in [0.717, 1.165) is 95.8 Å². The second-order valence-electron chi connectivity index (χ2n) is 31.1. The van der Waals surface area contributed by atoms with Gasteiger partial charge in [-0.25, -0.2) is 9.13 Å². The van der Waals surface area contributed by atoms with Crippen LogP contribution < -0.4 is 0 Å². The van der Waals surface area contributed by atoms with Crippen LogP contribution in [-0.4, -0.2) is 96.7 Å². The number of carbonyl (C=O) groups excluding carboxylic acids is 4. The van der Waals surface area contributed by atoms with E-state index in [9.17, 15) is 43.2 Å². The fourth-order valence-electron chi connectivity index (χ4n) is 13.3. The van der Waals surface area contributed by atoms with Crippen LogP contribution in [0.1, 0.15) is 458 Å². The molecule has 17 nitrogen and oxygen atoms in total. The second kappa shape index (κ2) is 77.8. The van der Waals surface area contributed by atoms with Gasteiger partial charge in [0.2, 0.25) is 0 Å². The van der Waals surface area contributed by atoms with Gasteiger partial charge >= 0.3 is 39.5 Å². The molecule has 3 N–H and O–H groups in total. The first kappa shape index (κ1) is 102. The molecule has 0 bridgehead atoms. The Balaban J connectivity index is 5.19. The summed E-state index contributed by atoms with van der Waals surface area (Å²) in [6.07, 6.45) is 71.0. The largest absolute Gasteiger partial charge is 0.472 e. The minimum atomic E-state index is -4.96. The normalized spacial score (nSPS) is 13.8. The van der Waals surface area contributed by atoms with Gasteiger partial charge < -0.3 is 33.8 Å². The van der Waals surface area contributed by atoms with Crippen molar-refractivity contribution in [1.29, 1.82) is 0 Å². The lowest BCUT2D eigenvalue weighted by molar-refractivity contribution is -0.161. The van der Waals surface area contributed by atoms with Gasteiger partial charge in [0.25, 0.3) is 0 Å². The van der Waals surface area contributed by atoms with Crippen LogP contribution in [0.15, 0.2) is 0 Å². The molecule has 0 amide bonds. The van der Waals surface area contributed by atoms with Crippen LogP contribution in [-0.2, 0) is 65.4 Å². The van der Waals surface area contributed by atoms with Crippen LogP contribution in [0.5, 0.6) is 0 Å². The van der Waals surface area contributed by atoms with Crippen LogP contribution in [0, 0.1) is 5.92 Å². The van der Waals surface area contributed by atoms with Crippen LogP contribution in [0.2, 0.25) is 0 Å². The van der Waals surface area contributed by atoms with Crippen molar-refractivity contribution < 1.29 is 80.2 Å². The number of esters is 4. The first-order chi connectivity index (χ1) is 50.5. The van der Waals surface area contributed by atoms with Gasteiger partial charge in [-0.15, -0.1) is 0 Å². The van der Waals surface area contributed by atoms with Crippen LogP contribution in [0.3, 0.4) is 0 Å². The lowest BCUT2D eigenvalue weighted by Crippen LogP contribution is -2.30. The zero-order chi connectivity index (χ0) is 76.2. The molecule has 0 aliphatic heterocycles. The Labute approximate surface area is 638 Å². The summed E-state index contributed by atoms with van der Waals surface area (Å²) < 4.78 is 68.8. The number of rotatable bonds is 85. The van der Waals surface area contributed by atoms with Crippen molar-refractivity contribution in [1.82, 2.24) is 0 Å². The summed E-state index contributed by atoms with van der Waals surface area (Å²) in [5, 5.41) is 10.7. The molecular formula is C85H166O17P2. The molecule has 0 aromatic carbocycles. The minimum Gasteiger partial charge on any atom is -0.462 e. The third kappa shape index (κ3) is 78.2. The van der Waals surface area contributed by atoms with Gasteiger partial charge in [0, 0.05) is 25.7 Å². The number of ether oxygens (including phenoxy) is 4. The smallest absolute Gasteiger partial charge is 0.462 e. The number of carbonyl (C=O) groups is 4. The van der Waals surface area contributed by atoms with Gasteiger partial charge in [0.05, 0.1) is 26.4 Å². The summed E-state index contributed by atoms with van der Waals surface area (Å²) in [7, 11) is -9.92. The highest BCUT2D eigenvalue weighted by Crippen LogP contribution is 2.45. The van der Waals surface area contributed by atoms with Crippen LogP contribution in [0.25, 0.3) is 0 Å². The van der Waals surface area contributed by atoms with Gasteiger partial charge in [0.15, 0.2) is 12.2 Å². The highest BCUT2D eigenvalue weighted by molar-refractivity contribution is 7.47. The van der Waals surface area contributed by atoms with E-state index in [1.54, 1.807) is 0 Å². The molecule has 0 saturated heterocycles. The molecule has 104 heavy (non-hydrogen) atoms. The monoisotopic (exact) mass is 1520 g/mol. The van der Waals surface area contributed by atoms with Crippen molar-refractivity contribution in [3.63, 3.8) is 0 Å². The van der Waals surface area contributed by atoms with E-state index in [0.29, 0.717) is 25.7 Å². The summed E-state index contributed by atoms with van der Waals surface area (Å²) in [6, 6.07) is 0. The van der Waals surface area contributed by atoms with Gasteiger partial charge in [-0.3, -0.25) is 37.3 Å². The summed E-state index contributed by atoms with van der Waals surface area (Å²) in [5.41, 5.74) is 0. The van der Waals surface area contributed by atoms with Crippen molar-refractivity contribution in [3.05, 3.63) is 0 Å². The fourth-order valence-corrected chi connectivity index (χ4v) is 14.9. The zero-order valence-electron chi connectivity index (χ0n) is 68.2. The Bertz CT molecular complexity index is 1980. The molecule has 0 aromatic heterocycles. The van der Waals surface area contributed by atoms with Gasteiger partial charge in [-0.2, -0.15) is 0 Å². The third-order valence-corrected chi connectivity index (χ3v) is 21.9. The molecule has 0 aromatic rings. The highest BCUT2D eigenvalue weighted by Gasteiger charge is 2.30. The van der Waals surface area contributed by atoms with Crippen LogP contribution >= 0.6 is 15.6 Å². The van der Waals surface area contributed by atoms with Crippen molar-refractivity contribution >= 4 is 39.5 Å². The Hall–Kier alpha value is -1.94. The number of hydrogen-bond donors (Lipinski definition) is 3. The average molecular weight is 1520 g/mol. The maximum absolute atomic E-state index is 13.1. The number of hydrogen-bond acceptors (Lipinski definition) is 15. The Morgan fingerprint density at radius 3 is 0.654 bits per heavy atom. The Morgan fingerprint density at radius 1 is 0.260 bits per heavy atom. The molecule has 19 heteroatoms. The first-order valence-corrected chi connectivity index (χ1v) is 47.1. The third-order valence-electron chi connectivity index (χ3n) is 20.0. The van der Waals surface area contributed by atoms with Crippen molar-refractivity contribution in [2.24, 2.45) is 5.92 Å². The van der Waals surface area contributed by atoms with Gasteiger partial charge in [-0.1, -0.05) is 407 Å². The molecule has 618 valence electrons. The van der Waals surface area contributed by atoms with E-state index in [-0.39, 0.29) is 25.7 Å². The number of phosphoric acid groups is 2. The molecule has 0 saturated carbocycles.